The number of unbranched alkanes of at least 4 members (excludes halogenated alkanes) is 15. The normalized spacial score (nSPS) is 11.2. The van der Waals surface area contributed by atoms with Gasteiger partial charge in [0.05, 0.1) is 26.9 Å². The van der Waals surface area contributed by atoms with Gasteiger partial charge >= 0.3 is 0 Å². The number of hydrogen-bond donors (Lipinski definition) is 0. The van der Waals surface area contributed by atoms with Crippen LogP contribution in [0, 0.1) is 0 Å². The molecule has 0 spiro atoms. The largest absolute Gasteiger partial charge is 0.497 e. The van der Waals surface area contributed by atoms with E-state index < -0.39 is 0 Å². The van der Waals surface area contributed by atoms with Crippen LogP contribution in [0.1, 0.15) is 126 Å². The Kier molecular flexibility index (Phi) is 18.9. The first-order valence-corrected chi connectivity index (χ1v) is 16.9. The van der Waals surface area contributed by atoms with E-state index in [1.807, 2.05) is 17.8 Å². The molecule has 2 aromatic carbocycles. The Bertz CT molecular complexity index is 999. The van der Waals surface area contributed by atoms with Crippen LogP contribution >= 0.6 is 11.8 Å². The summed E-state index contributed by atoms with van der Waals surface area (Å²) >= 11 is 1.91. The van der Waals surface area contributed by atoms with Crippen molar-refractivity contribution in [3.05, 3.63) is 53.6 Å². The standard InChI is InChI=1S/C36H54O4S/c1-5-6-7-8-9-10-11-12-13-14-15-16-17-18-19-20-27-41-32-24-21-30(22-25-32)23-26-34(37)33-28-31(38-2)29-35(39-3)36(33)40-4/h21-26,28-29H,5-20,27H2,1-4H3. The second-order valence-corrected chi connectivity index (χ2v) is 12.0. The molecule has 0 aliphatic rings. The maximum atomic E-state index is 12.9. The molecule has 228 valence electrons. The number of carbonyl (C=O) groups is 1. The van der Waals surface area contributed by atoms with Crippen molar-refractivity contribution >= 4 is 23.6 Å². The lowest BCUT2D eigenvalue weighted by Gasteiger charge is -2.13. The monoisotopic (exact) mass is 582 g/mol. The second kappa shape index (κ2) is 22.2. The summed E-state index contributed by atoms with van der Waals surface area (Å²) in [6.45, 7) is 2.29. The van der Waals surface area contributed by atoms with E-state index in [0.29, 0.717) is 22.8 Å². The number of methoxy groups -OCH3 is 3. The van der Waals surface area contributed by atoms with Gasteiger partial charge in [-0.1, -0.05) is 121 Å². The van der Waals surface area contributed by atoms with E-state index >= 15 is 0 Å². The van der Waals surface area contributed by atoms with Gasteiger partial charge in [0, 0.05) is 11.0 Å². The van der Waals surface area contributed by atoms with Gasteiger partial charge in [-0.3, -0.25) is 4.79 Å². The zero-order valence-corrected chi connectivity index (χ0v) is 27.0. The van der Waals surface area contributed by atoms with E-state index in [1.54, 1.807) is 32.4 Å². The highest BCUT2D eigenvalue weighted by Gasteiger charge is 2.17. The molecule has 0 aliphatic heterocycles. The molecule has 0 heterocycles. The summed E-state index contributed by atoms with van der Waals surface area (Å²) in [5, 5.41) is 0. The lowest BCUT2D eigenvalue weighted by Crippen LogP contribution is -2.02. The van der Waals surface area contributed by atoms with E-state index in [4.69, 9.17) is 14.2 Å². The fourth-order valence-electron chi connectivity index (χ4n) is 5.02. The van der Waals surface area contributed by atoms with Gasteiger partial charge in [-0.15, -0.1) is 11.8 Å². The van der Waals surface area contributed by atoms with E-state index in [-0.39, 0.29) is 5.78 Å². The zero-order chi connectivity index (χ0) is 29.5. The third-order valence-corrected chi connectivity index (χ3v) is 8.63. The molecule has 5 heteroatoms. The van der Waals surface area contributed by atoms with Crippen molar-refractivity contribution in [2.24, 2.45) is 0 Å². The van der Waals surface area contributed by atoms with Crippen molar-refractivity contribution in [2.75, 3.05) is 27.1 Å². The first-order valence-electron chi connectivity index (χ1n) is 15.9. The Morgan fingerprint density at radius 1 is 0.683 bits per heavy atom. The number of hydrogen-bond acceptors (Lipinski definition) is 5. The fraction of sp³-hybridized carbons (Fsp3) is 0.583. The van der Waals surface area contributed by atoms with Crippen LogP contribution in [0.2, 0.25) is 0 Å². The number of allylic oxidation sites excluding steroid dienone is 1. The molecule has 4 nitrogen and oxygen atoms in total. The highest BCUT2D eigenvalue weighted by atomic mass is 32.2. The molecule has 0 aliphatic carbocycles. The number of benzene rings is 2. The fourth-order valence-corrected chi connectivity index (χ4v) is 5.93. The summed E-state index contributed by atoms with van der Waals surface area (Å²) in [6.07, 6.45) is 25.8. The Balaban J connectivity index is 1.56. The van der Waals surface area contributed by atoms with Gasteiger partial charge < -0.3 is 14.2 Å². The lowest BCUT2D eigenvalue weighted by molar-refractivity contribution is 0.104. The van der Waals surface area contributed by atoms with Gasteiger partial charge in [-0.2, -0.15) is 0 Å². The van der Waals surface area contributed by atoms with Gasteiger partial charge in [0.15, 0.2) is 17.3 Å². The summed E-state index contributed by atoms with van der Waals surface area (Å²) in [6, 6.07) is 11.8. The van der Waals surface area contributed by atoms with Gasteiger partial charge in [0.1, 0.15) is 5.75 Å². The number of ether oxygens (including phenoxy) is 3. The maximum Gasteiger partial charge on any atom is 0.189 e. The number of carbonyl (C=O) groups excluding carboxylic acids is 1. The Morgan fingerprint density at radius 2 is 1.22 bits per heavy atom. The molecule has 2 rings (SSSR count). The Hall–Kier alpha value is -2.40. The Morgan fingerprint density at radius 3 is 1.71 bits per heavy atom. The predicted octanol–water partition coefficient (Wildman–Crippen LogP) is 11.0. The molecule has 0 unspecified atom stereocenters. The lowest BCUT2D eigenvalue weighted by atomic mass is 10.0. The van der Waals surface area contributed by atoms with Crippen molar-refractivity contribution in [1.29, 1.82) is 0 Å². The summed E-state index contributed by atoms with van der Waals surface area (Å²) < 4.78 is 16.1. The average Bonchev–Trinajstić information content (AvgIpc) is 3.01. The van der Waals surface area contributed by atoms with Crippen molar-refractivity contribution < 1.29 is 19.0 Å². The van der Waals surface area contributed by atoms with Gasteiger partial charge in [0.25, 0.3) is 0 Å². The highest BCUT2D eigenvalue weighted by Crippen LogP contribution is 2.36. The molecular formula is C36H54O4S. The molecule has 0 saturated heterocycles. The minimum absolute atomic E-state index is 0.166. The minimum Gasteiger partial charge on any atom is -0.497 e. The summed E-state index contributed by atoms with van der Waals surface area (Å²) in [5.74, 6) is 2.41. The van der Waals surface area contributed by atoms with Crippen LogP contribution < -0.4 is 14.2 Å². The third-order valence-electron chi connectivity index (χ3n) is 7.53. The molecule has 0 aromatic heterocycles. The van der Waals surface area contributed by atoms with Gasteiger partial charge in [-0.25, -0.2) is 0 Å². The molecule has 0 bridgehead atoms. The van der Waals surface area contributed by atoms with Crippen molar-refractivity contribution in [3.63, 3.8) is 0 Å². The van der Waals surface area contributed by atoms with Gasteiger partial charge in [-0.05, 0) is 42.0 Å². The van der Waals surface area contributed by atoms with Crippen LogP contribution in [0.4, 0.5) is 0 Å². The van der Waals surface area contributed by atoms with E-state index in [9.17, 15) is 4.79 Å². The van der Waals surface area contributed by atoms with Gasteiger partial charge in [0.2, 0.25) is 0 Å². The van der Waals surface area contributed by atoms with Crippen LogP contribution in [-0.2, 0) is 0 Å². The molecule has 0 atom stereocenters. The highest BCUT2D eigenvalue weighted by molar-refractivity contribution is 7.99. The van der Waals surface area contributed by atoms with E-state index in [0.717, 1.165) is 11.3 Å². The zero-order valence-electron chi connectivity index (χ0n) is 26.2. The Labute approximate surface area is 254 Å². The van der Waals surface area contributed by atoms with Crippen molar-refractivity contribution in [1.82, 2.24) is 0 Å². The maximum absolute atomic E-state index is 12.9. The summed E-state index contributed by atoms with van der Waals surface area (Å²) in [7, 11) is 4.63. The molecule has 0 amide bonds. The third kappa shape index (κ3) is 14.4. The first-order chi connectivity index (χ1) is 20.1. The number of ketones is 1. The summed E-state index contributed by atoms with van der Waals surface area (Å²) in [4.78, 5) is 14.2. The van der Waals surface area contributed by atoms with Crippen LogP contribution in [-0.4, -0.2) is 32.9 Å². The smallest absolute Gasteiger partial charge is 0.189 e. The van der Waals surface area contributed by atoms with Crippen LogP contribution in [0.3, 0.4) is 0 Å². The molecule has 0 N–H and O–H groups in total. The van der Waals surface area contributed by atoms with E-state index in [2.05, 4.69) is 31.2 Å². The molecule has 0 fully saturated rings. The van der Waals surface area contributed by atoms with Crippen molar-refractivity contribution in [3.8, 4) is 17.2 Å². The molecule has 41 heavy (non-hydrogen) atoms. The van der Waals surface area contributed by atoms with Crippen molar-refractivity contribution in [2.45, 2.75) is 115 Å². The molecule has 0 saturated carbocycles. The molecular weight excluding hydrogens is 528 g/mol. The molecule has 2 aromatic rings. The average molecular weight is 583 g/mol. The minimum atomic E-state index is -0.166. The SMILES string of the molecule is CCCCCCCCCCCCCCCCCCSc1ccc(C=CC(=O)c2cc(OC)cc(OC)c2OC)cc1. The van der Waals surface area contributed by atoms with Crippen LogP contribution in [0.5, 0.6) is 17.2 Å². The predicted molar refractivity (Wildman–Crippen MR) is 176 cm³/mol. The number of thioether (sulfide) groups is 1. The first kappa shape index (κ1) is 34.8. The number of rotatable bonds is 24. The quantitative estimate of drug-likeness (QED) is 0.0533. The topological polar surface area (TPSA) is 44.8 Å². The molecule has 0 radical (unpaired) electrons. The van der Waals surface area contributed by atoms with E-state index in [1.165, 1.54) is 115 Å². The van der Waals surface area contributed by atoms with Crippen LogP contribution in [0.15, 0.2) is 47.4 Å². The summed E-state index contributed by atoms with van der Waals surface area (Å²) in [5.41, 5.74) is 1.39. The second-order valence-electron chi connectivity index (χ2n) is 10.8. The van der Waals surface area contributed by atoms with Crippen LogP contribution in [0.25, 0.3) is 6.08 Å².